The van der Waals surface area contributed by atoms with E-state index >= 15 is 0 Å². The molecule has 0 unspecified atom stereocenters. The molecule has 3 rings (SSSR count). The first-order valence-corrected chi connectivity index (χ1v) is 6.00. The van der Waals surface area contributed by atoms with Gasteiger partial charge in [0.15, 0.2) is 11.4 Å². The number of rotatable bonds is 2. The van der Waals surface area contributed by atoms with Crippen molar-refractivity contribution in [1.29, 1.82) is 0 Å². The van der Waals surface area contributed by atoms with E-state index in [4.69, 9.17) is 11.6 Å². The van der Waals surface area contributed by atoms with E-state index in [1.54, 1.807) is 12.1 Å². The Morgan fingerprint density at radius 3 is 2.86 bits per heavy atom. The third-order valence-electron chi connectivity index (χ3n) is 2.56. The molecule has 0 amide bonds. The molecule has 0 bridgehead atoms. The van der Waals surface area contributed by atoms with Crippen LogP contribution in [0.25, 0.3) is 16.9 Å². The molecular weight excluding hydrogens is 307 g/mol. The Hall–Kier alpha value is -2.46. The summed E-state index contributed by atoms with van der Waals surface area (Å²) in [6.45, 7) is 0. The Morgan fingerprint density at radius 2 is 2.10 bits per heavy atom. The Balaban J connectivity index is 2.06. The Kier molecular flexibility index (Phi) is 3.11. The van der Waals surface area contributed by atoms with Crippen LogP contribution in [0.2, 0.25) is 5.15 Å². The third-order valence-corrected chi connectivity index (χ3v) is 2.76. The summed E-state index contributed by atoms with van der Waals surface area (Å²) in [7, 11) is 0. The highest BCUT2D eigenvalue weighted by molar-refractivity contribution is 6.29. The first kappa shape index (κ1) is 13.5. The fraction of sp³-hybridized carbons (Fsp3) is 0.0769. The zero-order chi connectivity index (χ0) is 15.0. The van der Waals surface area contributed by atoms with Gasteiger partial charge in [-0.2, -0.15) is 5.10 Å². The molecule has 0 aliphatic heterocycles. The first-order valence-electron chi connectivity index (χ1n) is 5.62. The van der Waals surface area contributed by atoms with Crippen LogP contribution in [0.3, 0.4) is 0 Å². The number of nitrogens with zero attached hydrogens (tertiary/aromatic N) is 3. The molecule has 0 aliphatic rings. The van der Waals surface area contributed by atoms with Crippen LogP contribution >= 0.6 is 11.6 Å². The van der Waals surface area contributed by atoms with Crippen molar-refractivity contribution in [2.45, 2.75) is 6.36 Å². The Morgan fingerprint density at radius 1 is 1.29 bits per heavy atom. The predicted octanol–water partition coefficient (Wildman–Crippen LogP) is 3.55. The van der Waals surface area contributed by atoms with E-state index < -0.39 is 12.1 Å². The molecule has 0 saturated heterocycles. The van der Waals surface area contributed by atoms with Crippen molar-refractivity contribution < 1.29 is 17.9 Å². The van der Waals surface area contributed by atoms with Gasteiger partial charge in [0.05, 0.1) is 11.9 Å². The summed E-state index contributed by atoms with van der Waals surface area (Å²) in [5.74, 6) is -0.489. The minimum Gasteiger partial charge on any atom is -0.397 e. The van der Waals surface area contributed by atoms with Crippen molar-refractivity contribution in [3.63, 3.8) is 0 Å². The van der Waals surface area contributed by atoms with Crippen molar-refractivity contribution in [2.24, 2.45) is 0 Å². The fourth-order valence-electron chi connectivity index (χ4n) is 1.78. The smallest absolute Gasteiger partial charge is 0.397 e. The number of fused-ring (bicyclic) bond motifs is 1. The lowest BCUT2D eigenvalue weighted by molar-refractivity contribution is -0.274. The molecule has 4 nitrogen and oxygen atoms in total. The van der Waals surface area contributed by atoms with Gasteiger partial charge in [0.1, 0.15) is 5.15 Å². The maximum atomic E-state index is 12.2. The molecule has 0 spiro atoms. The van der Waals surface area contributed by atoms with E-state index in [0.29, 0.717) is 16.9 Å². The van der Waals surface area contributed by atoms with Gasteiger partial charge in [0, 0.05) is 5.56 Å². The second-order valence-electron chi connectivity index (χ2n) is 3.99. The molecule has 2 aromatic heterocycles. The lowest BCUT2D eigenvalue weighted by Crippen LogP contribution is -2.16. The highest BCUT2D eigenvalue weighted by atomic mass is 35.5. The minimum absolute atomic E-state index is 0.236. The summed E-state index contributed by atoms with van der Waals surface area (Å²) in [5, 5.41) is 4.28. The lowest BCUT2D eigenvalue weighted by Gasteiger charge is -2.07. The van der Waals surface area contributed by atoms with E-state index in [1.807, 2.05) is 0 Å². The van der Waals surface area contributed by atoms with Crippen LogP contribution in [0, 0.1) is 12.1 Å². The van der Waals surface area contributed by atoms with Gasteiger partial charge < -0.3 is 4.74 Å². The molecule has 0 N–H and O–H groups in total. The monoisotopic (exact) mass is 311 g/mol. The van der Waals surface area contributed by atoms with E-state index in [-0.39, 0.29) is 5.15 Å². The largest absolute Gasteiger partial charge is 0.573 e. The summed E-state index contributed by atoms with van der Waals surface area (Å²) in [6.07, 6.45) is -3.32. The first-order chi connectivity index (χ1) is 9.92. The molecule has 0 atom stereocenters. The molecule has 3 aromatic rings. The van der Waals surface area contributed by atoms with E-state index in [0.717, 1.165) is 0 Å². The summed E-state index contributed by atoms with van der Waals surface area (Å²) >= 11 is 5.81. The molecule has 0 fully saturated rings. The Bertz CT molecular complexity index is 801. The van der Waals surface area contributed by atoms with Gasteiger partial charge in [0.2, 0.25) is 0 Å². The number of hydrogen-bond acceptors (Lipinski definition) is 3. The van der Waals surface area contributed by atoms with Crippen molar-refractivity contribution in [1.82, 2.24) is 14.6 Å². The highest BCUT2D eigenvalue weighted by Gasteiger charge is 2.31. The van der Waals surface area contributed by atoms with Crippen LogP contribution in [0.1, 0.15) is 0 Å². The second kappa shape index (κ2) is 4.82. The summed E-state index contributed by atoms with van der Waals surface area (Å²) < 4.78 is 41.9. The minimum atomic E-state index is -4.79. The standard InChI is InChI=1S/C13H5ClF3N3O/c14-11-4-5-12-18-7-10(20(12)19-11)8-2-1-3-9(6-8)21-13(15,16)17/h2,4-7H. The van der Waals surface area contributed by atoms with Crippen LogP contribution < -0.4 is 4.74 Å². The van der Waals surface area contributed by atoms with E-state index in [1.165, 1.54) is 22.8 Å². The van der Waals surface area contributed by atoms with Gasteiger partial charge in [-0.05, 0) is 30.3 Å². The molecule has 8 heteroatoms. The summed E-state index contributed by atoms with van der Waals surface area (Å²) in [4.78, 5) is 4.10. The number of ether oxygens (including phenoxy) is 1. The number of aromatic nitrogens is 3. The number of hydrogen-bond donors (Lipinski definition) is 0. The average molecular weight is 312 g/mol. The zero-order valence-corrected chi connectivity index (χ0v) is 10.9. The maximum Gasteiger partial charge on any atom is 0.573 e. The predicted molar refractivity (Wildman–Crippen MR) is 67.8 cm³/mol. The van der Waals surface area contributed by atoms with Crippen molar-refractivity contribution in [3.05, 3.63) is 47.7 Å². The summed E-state index contributed by atoms with van der Waals surface area (Å²) in [5.41, 5.74) is 1.38. The van der Waals surface area contributed by atoms with E-state index in [9.17, 15) is 13.2 Å². The van der Waals surface area contributed by atoms with Gasteiger partial charge in [0.25, 0.3) is 0 Å². The van der Waals surface area contributed by atoms with Crippen LogP contribution in [0.5, 0.6) is 5.75 Å². The number of imidazole rings is 1. The van der Waals surface area contributed by atoms with Crippen LogP contribution in [0.15, 0.2) is 30.5 Å². The molecule has 0 aliphatic carbocycles. The van der Waals surface area contributed by atoms with Crippen LogP contribution in [0.4, 0.5) is 13.2 Å². The topological polar surface area (TPSA) is 39.4 Å². The molecule has 2 heterocycles. The lowest BCUT2D eigenvalue weighted by atomic mass is 10.2. The highest BCUT2D eigenvalue weighted by Crippen LogP contribution is 2.26. The fourth-order valence-corrected chi connectivity index (χ4v) is 1.92. The van der Waals surface area contributed by atoms with Crippen LogP contribution in [-0.2, 0) is 0 Å². The van der Waals surface area contributed by atoms with Crippen LogP contribution in [-0.4, -0.2) is 21.0 Å². The third kappa shape index (κ3) is 2.85. The van der Waals surface area contributed by atoms with Gasteiger partial charge in [-0.15, -0.1) is 13.2 Å². The van der Waals surface area contributed by atoms with Gasteiger partial charge >= 0.3 is 6.36 Å². The van der Waals surface area contributed by atoms with Crippen molar-refractivity contribution in [3.8, 4) is 17.0 Å². The molecule has 106 valence electrons. The average Bonchev–Trinajstić information content (AvgIpc) is 2.80. The second-order valence-corrected chi connectivity index (χ2v) is 4.38. The maximum absolute atomic E-state index is 12.2. The number of halogens is 4. The SMILES string of the molecule is FC(F)(F)Oc1c#ccc(-c2cnc3ccc(Cl)nn23)c1. The normalized spacial score (nSPS) is 11.4. The van der Waals surface area contributed by atoms with Crippen molar-refractivity contribution >= 4 is 17.2 Å². The zero-order valence-electron chi connectivity index (χ0n) is 10.1. The molecule has 0 radical (unpaired) electrons. The molecular formula is C13H5ClF3N3O. The van der Waals surface area contributed by atoms with Crippen molar-refractivity contribution in [2.75, 3.05) is 0 Å². The van der Waals surface area contributed by atoms with E-state index in [2.05, 4.69) is 27.0 Å². The molecule has 1 aromatic carbocycles. The van der Waals surface area contributed by atoms with Gasteiger partial charge in [-0.3, -0.25) is 0 Å². The molecule has 21 heavy (non-hydrogen) atoms. The quantitative estimate of drug-likeness (QED) is 0.726. The Labute approximate surface area is 121 Å². The van der Waals surface area contributed by atoms with Gasteiger partial charge in [-0.1, -0.05) is 17.7 Å². The summed E-state index contributed by atoms with van der Waals surface area (Å²) in [6, 6.07) is 10.6. The number of alkyl halides is 3. The molecule has 0 saturated carbocycles. The van der Waals surface area contributed by atoms with Gasteiger partial charge in [-0.25, -0.2) is 9.50 Å².